The van der Waals surface area contributed by atoms with Crippen LogP contribution in [0.2, 0.25) is 0 Å². The number of rotatable bonds is 8. The second-order valence-electron chi connectivity index (χ2n) is 4.99. The van der Waals surface area contributed by atoms with Crippen LogP contribution < -0.4 is 16.8 Å². The van der Waals surface area contributed by atoms with Gasteiger partial charge < -0.3 is 16.8 Å². The number of carbonyl (C=O) groups excluding carboxylic acids is 1. The number of nitrogens with two attached hydrogens (primary N) is 2. The highest BCUT2D eigenvalue weighted by atomic mass is 16.2. The number of carbonyl (C=O) groups is 1. The van der Waals surface area contributed by atoms with Crippen molar-refractivity contribution in [3.8, 4) is 0 Å². The third-order valence-corrected chi connectivity index (χ3v) is 3.08. The smallest absolute Gasteiger partial charge is 0.237 e. The molecule has 106 valence electrons. The Morgan fingerprint density at radius 1 is 1.26 bits per heavy atom. The molecule has 0 spiro atoms. The molecule has 0 radical (unpaired) electrons. The van der Waals surface area contributed by atoms with Gasteiger partial charge in [0, 0.05) is 6.04 Å². The van der Waals surface area contributed by atoms with E-state index >= 15 is 0 Å². The molecule has 1 aromatic rings. The Kier molecular flexibility index (Phi) is 7.15. The lowest BCUT2D eigenvalue weighted by Crippen LogP contribution is -2.45. The predicted molar refractivity (Wildman–Crippen MR) is 78.6 cm³/mol. The molecule has 4 nitrogen and oxygen atoms in total. The quantitative estimate of drug-likeness (QED) is 0.616. The molecule has 1 unspecified atom stereocenters. The number of nitrogens with one attached hydrogen (secondary N) is 1. The van der Waals surface area contributed by atoms with Crippen LogP contribution in [0, 0.1) is 0 Å². The summed E-state index contributed by atoms with van der Waals surface area (Å²) in [5.41, 5.74) is 12.5. The molecule has 19 heavy (non-hydrogen) atoms. The molecule has 0 bridgehead atoms. The Balaban J connectivity index is 2.31. The minimum Gasteiger partial charge on any atom is -0.352 e. The Bertz CT molecular complexity index is 367. The first kappa shape index (κ1) is 15.7. The molecule has 1 aromatic carbocycles. The van der Waals surface area contributed by atoms with Gasteiger partial charge in [-0.1, -0.05) is 36.8 Å². The molecule has 0 heterocycles. The summed E-state index contributed by atoms with van der Waals surface area (Å²) in [6.07, 6.45) is 3.34. The van der Waals surface area contributed by atoms with E-state index in [0.717, 1.165) is 19.3 Å². The first-order valence-electron chi connectivity index (χ1n) is 6.93. The first-order valence-corrected chi connectivity index (χ1v) is 6.93. The molecular weight excluding hydrogens is 238 g/mol. The summed E-state index contributed by atoms with van der Waals surface area (Å²) in [4.78, 5) is 11.9. The minimum atomic E-state index is -0.426. The van der Waals surface area contributed by atoms with E-state index in [0.29, 0.717) is 13.0 Å². The standard InChI is InChI=1S/C15H25N3O/c1-12(11-13-7-3-2-4-8-13)18-15(19)14(17)9-5-6-10-16/h2-4,7-8,12,14H,5-6,9-11,16-17H2,1H3,(H,18,19)/t12?,14-/m0/s1. The van der Waals surface area contributed by atoms with Gasteiger partial charge in [-0.15, -0.1) is 0 Å². The normalized spacial score (nSPS) is 13.8. The lowest BCUT2D eigenvalue weighted by atomic mass is 10.1. The molecule has 0 aliphatic rings. The highest BCUT2D eigenvalue weighted by molar-refractivity contribution is 5.81. The van der Waals surface area contributed by atoms with Crippen LogP contribution in [0.1, 0.15) is 31.7 Å². The number of unbranched alkanes of at least 4 members (excludes halogenated alkanes) is 1. The van der Waals surface area contributed by atoms with Crippen molar-refractivity contribution in [2.75, 3.05) is 6.54 Å². The van der Waals surface area contributed by atoms with Gasteiger partial charge in [-0.3, -0.25) is 4.79 Å². The summed E-state index contributed by atoms with van der Waals surface area (Å²) in [7, 11) is 0. The second kappa shape index (κ2) is 8.67. The molecule has 0 aliphatic carbocycles. The van der Waals surface area contributed by atoms with E-state index in [4.69, 9.17) is 11.5 Å². The number of hydrogen-bond donors (Lipinski definition) is 3. The molecule has 1 rings (SSSR count). The third-order valence-electron chi connectivity index (χ3n) is 3.08. The van der Waals surface area contributed by atoms with Gasteiger partial charge in [0.25, 0.3) is 0 Å². The van der Waals surface area contributed by atoms with Crippen molar-refractivity contribution in [2.45, 2.75) is 44.7 Å². The lowest BCUT2D eigenvalue weighted by molar-refractivity contribution is -0.123. The Morgan fingerprint density at radius 3 is 2.58 bits per heavy atom. The fourth-order valence-corrected chi connectivity index (χ4v) is 2.01. The fourth-order valence-electron chi connectivity index (χ4n) is 2.01. The summed E-state index contributed by atoms with van der Waals surface area (Å²) in [5, 5.41) is 2.96. The van der Waals surface area contributed by atoms with Crippen molar-refractivity contribution in [3.63, 3.8) is 0 Å². The molecule has 0 saturated heterocycles. The van der Waals surface area contributed by atoms with Crippen molar-refractivity contribution in [3.05, 3.63) is 35.9 Å². The van der Waals surface area contributed by atoms with Crippen LogP contribution in [0.15, 0.2) is 30.3 Å². The van der Waals surface area contributed by atoms with Crippen LogP contribution in [0.3, 0.4) is 0 Å². The molecule has 0 aromatic heterocycles. The van der Waals surface area contributed by atoms with Crippen molar-refractivity contribution >= 4 is 5.91 Å². The number of benzene rings is 1. The number of hydrogen-bond acceptors (Lipinski definition) is 3. The van der Waals surface area contributed by atoms with Crippen LogP contribution in [0.5, 0.6) is 0 Å². The predicted octanol–water partition coefficient (Wildman–Crippen LogP) is 1.19. The highest BCUT2D eigenvalue weighted by Gasteiger charge is 2.15. The average molecular weight is 263 g/mol. The second-order valence-corrected chi connectivity index (χ2v) is 4.99. The lowest BCUT2D eigenvalue weighted by Gasteiger charge is -2.17. The van der Waals surface area contributed by atoms with Crippen molar-refractivity contribution in [1.29, 1.82) is 0 Å². The third kappa shape index (κ3) is 6.36. The van der Waals surface area contributed by atoms with Gasteiger partial charge in [-0.25, -0.2) is 0 Å². The van der Waals surface area contributed by atoms with Crippen molar-refractivity contribution < 1.29 is 4.79 Å². The van der Waals surface area contributed by atoms with Gasteiger partial charge >= 0.3 is 0 Å². The van der Waals surface area contributed by atoms with Crippen LogP contribution in [0.4, 0.5) is 0 Å². The van der Waals surface area contributed by atoms with Gasteiger partial charge in [0.1, 0.15) is 0 Å². The van der Waals surface area contributed by atoms with E-state index in [9.17, 15) is 4.79 Å². The summed E-state index contributed by atoms with van der Waals surface area (Å²) in [6.45, 7) is 2.65. The van der Waals surface area contributed by atoms with Crippen LogP contribution in [0.25, 0.3) is 0 Å². The zero-order valence-corrected chi connectivity index (χ0v) is 11.6. The van der Waals surface area contributed by atoms with Crippen LogP contribution in [-0.4, -0.2) is 24.5 Å². The molecular formula is C15H25N3O. The highest BCUT2D eigenvalue weighted by Crippen LogP contribution is 2.04. The zero-order valence-electron chi connectivity index (χ0n) is 11.6. The Labute approximate surface area is 115 Å². The maximum Gasteiger partial charge on any atom is 0.237 e. The number of amides is 1. The Morgan fingerprint density at radius 2 is 1.95 bits per heavy atom. The summed E-state index contributed by atoms with van der Waals surface area (Å²) >= 11 is 0. The minimum absolute atomic E-state index is 0.0690. The van der Waals surface area contributed by atoms with Crippen molar-refractivity contribution in [1.82, 2.24) is 5.32 Å². The van der Waals surface area contributed by atoms with Gasteiger partial charge in [-0.2, -0.15) is 0 Å². The van der Waals surface area contributed by atoms with Crippen molar-refractivity contribution in [2.24, 2.45) is 11.5 Å². The summed E-state index contributed by atoms with van der Waals surface area (Å²) < 4.78 is 0. The van der Waals surface area contributed by atoms with Crippen LogP contribution >= 0.6 is 0 Å². The maximum absolute atomic E-state index is 11.9. The molecule has 2 atom stereocenters. The van der Waals surface area contributed by atoms with E-state index < -0.39 is 6.04 Å². The van der Waals surface area contributed by atoms with E-state index in [-0.39, 0.29) is 11.9 Å². The van der Waals surface area contributed by atoms with E-state index in [2.05, 4.69) is 17.4 Å². The molecule has 5 N–H and O–H groups in total. The first-order chi connectivity index (χ1) is 9.13. The van der Waals surface area contributed by atoms with E-state index in [1.54, 1.807) is 0 Å². The zero-order chi connectivity index (χ0) is 14.1. The molecule has 4 heteroatoms. The van der Waals surface area contributed by atoms with E-state index in [1.165, 1.54) is 5.56 Å². The Hall–Kier alpha value is -1.39. The molecule has 0 saturated carbocycles. The summed E-state index contributed by atoms with van der Waals surface area (Å²) in [6, 6.07) is 9.78. The van der Waals surface area contributed by atoms with E-state index in [1.807, 2.05) is 25.1 Å². The SMILES string of the molecule is CC(Cc1ccccc1)NC(=O)[C@@H](N)CCCCN. The average Bonchev–Trinajstić information content (AvgIpc) is 2.39. The van der Waals surface area contributed by atoms with Gasteiger partial charge in [0.05, 0.1) is 6.04 Å². The maximum atomic E-state index is 11.9. The molecule has 1 amide bonds. The largest absolute Gasteiger partial charge is 0.352 e. The van der Waals surface area contributed by atoms with Gasteiger partial charge in [0.2, 0.25) is 5.91 Å². The monoisotopic (exact) mass is 263 g/mol. The molecule has 0 fully saturated rings. The topological polar surface area (TPSA) is 81.1 Å². The van der Waals surface area contributed by atoms with Gasteiger partial charge in [0.15, 0.2) is 0 Å². The molecule has 0 aliphatic heterocycles. The van der Waals surface area contributed by atoms with Crippen LogP contribution in [-0.2, 0) is 11.2 Å². The van der Waals surface area contributed by atoms with Gasteiger partial charge in [-0.05, 0) is 38.3 Å². The summed E-state index contributed by atoms with van der Waals surface area (Å²) in [5.74, 6) is -0.0690. The fraction of sp³-hybridized carbons (Fsp3) is 0.533.